The summed E-state index contributed by atoms with van der Waals surface area (Å²) in [5, 5.41) is 5.61. The summed E-state index contributed by atoms with van der Waals surface area (Å²) in [6.45, 7) is 19.5. The molecule has 0 aliphatic rings. The van der Waals surface area contributed by atoms with Gasteiger partial charge in [0.2, 0.25) is 11.8 Å². The van der Waals surface area contributed by atoms with Crippen LogP contribution >= 0.6 is 0 Å². The lowest BCUT2D eigenvalue weighted by atomic mass is 10.0. The Bertz CT molecular complexity index is 465. The topological polar surface area (TPSA) is 75.3 Å². The predicted octanol–water partition coefficient (Wildman–Crippen LogP) is 9.17. The number of carbonyl (C=O) groups is 3. The highest BCUT2D eigenvalue weighted by Gasteiger charge is 2.06. The molecule has 0 heterocycles. The van der Waals surface area contributed by atoms with Gasteiger partial charge >= 0.3 is 0 Å². The van der Waals surface area contributed by atoms with Crippen molar-refractivity contribution >= 4 is 17.6 Å². The lowest BCUT2D eigenvalue weighted by Gasteiger charge is -2.04. The Balaban J connectivity index is -0.000000259. The molecule has 37 heavy (non-hydrogen) atoms. The molecule has 0 aromatic heterocycles. The van der Waals surface area contributed by atoms with E-state index in [1.807, 2.05) is 55.4 Å². The Morgan fingerprint density at radius 2 is 0.784 bits per heavy atom. The largest absolute Gasteiger partial charge is 0.356 e. The molecule has 0 bridgehead atoms. The van der Waals surface area contributed by atoms with Gasteiger partial charge in [-0.25, -0.2) is 0 Å². The van der Waals surface area contributed by atoms with Crippen molar-refractivity contribution < 1.29 is 14.4 Å². The van der Waals surface area contributed by atoms with Crippen LogP contribution in [0.1, 0.15) is 171 Å². The first-order valence-electron chi connectivity index (χ1n) is 15.9. The maximum atomic E-state index is 11.3. The number of carbonyl (C=O) groups excluding carboxylic acids is 3. The van der Waals surface area contributed by atoms with E-state index >= 15 is 0 Å². The molecule has 0 rings (SSSR count). The SMILES string of the molecule is CC.CC.CCCCCCCCCCCCC(=O)NCC.CCNC(=O)CCCCCCC(=O)C(C)C. The van der Waals surface area contributed by atoms with E-state index in [1.165, 1.54) is 57.8 Å². The van der Waals surface area contributed by atoms with E-state index in [-0.39, 0.29) is 17.7 Å². The summed E-state index contributed by atoms with van der Waals surface area (Å²) < 4.78 is 0. The first-order valence-corrected chi connectivity index (χ1v) is 15.9. The van der Waals surface area contributed by atoms with Crippen molar-refractivity contribution in [1.82, 2.24) is 10.6 Å². The zero-order chi connectivity index (χ0) is 29.2. The van der Waals surface area contributed by atoms with Gasteiger partial charge in [-0.05, 0) is 33.1 Å². The van der Waals surface area contributed by atoms with Crippen LogP contribution < -0.4 is 10.6 Å². The second kappa shape index (κ2) is 39.1. The molecule has 0 saturated carbocycles. The summed E-state index contributed by atoms with van der Waals surface area (Å²) in [5.41, 5.74) is 0. The standard InChI is InChI=1S/C15H31NO.C13H25NO2.2C2H6/c1-3-5-6-7-8-9-10-11-12-13-14-15(17)16-4-2;1-4-14-13(16)10-8-6-5-7-9-12(15)11(2)3;2*1-2/h3-14H2,1-2H3,(H,16,17);11H,4-10H2,1-3H3,(H,14,16);2*1-2H3. The van der Waals surface area contributed by atoms with E-state index in [0.29, 0.717) is 31.6 Å². The van der Waals surface area contributed by atoms with Crippen LogP contribution in [0.4, 0.5) is 0 Å². The van der Waals surface area contributed by atoms with E-state index in [9.17, 15) is 14.4 Å². The number of amides is 2. The van der Waals surface area contributed by atoms with Crippen LogP contribution in [0, 0.1) is 5.92 Å². The molecule has 2 amide bonds. The minimum atomic E-state index is 0.140. The van der Waals surface area contributed by atoms with Gasteiger partial charge in [0, 0.05) is 38.3 Å². The third-order valence-electron chi connectivity index (χ3n) is 5.73. The number of nitrogens with one attached hydrogen (secondary N) is 2. The molecule has 0 unspecified atom stereocenters. The molecule has 224 valence electrons. The third kappa shape index (κ3) is 42.0. The molecule has 0 aliphatic carbocycles. The summed E-state index contributed by atoms with van der Waals surface area (Å²) >= 11 is 0. The molecule has 0 radical (unpaired) electrons. The summed E-state index contributed by atoms with van der Waals surface area (Å²) in [6.07, 6.45) is 19.3. The molecular weight excluding hydrogens is 460 g/mol. The van der Waals surface area contributed by atoms with E-state index < -0.39 is 0 Å². The van der Waals surface area contributed by atoms with Crippen molar-refractivity contribution in [2.75, 3.05) is 13.1 Å². The Kier molecular flexibility index (Phi) is 45.1. The van der Waals surface area contributed by atoms with Crippen LogP contribution in [0.15, 0.2) is 0 Å². The lowest BCUT2D eigenvalue weighted by molar-refractivity contribution is -0.122. The van der Waals surface area contributed by atoms with E-state index in [4.69, 9.17) is 0 Å². The van der Waals surface area contributed by atoms with Crippen LogP contribution in [-0.4, -0.2) is 30.7 Å². The number of hydrogen-bond donors (Lipinski definition) is 2. The smallest absolute Gasteiger partial charge is 0.219 e. The Morgan fingerprint density at radius 1 is 0.486 bits per heavy atom. The number of hydrogen-bond acceptors (Lipinski definition) is 3. The van der Waals surface area contributed by atoms with Gasteiger partial charge in [-0.15, -0.1) is 0 Å². The second-order valence-electron chi connectivity index (χ2n) is 9.37. The Morgan fingerprint density at radius 3 is 1.08 bits per heavy atom. The van der Waals surface area contributed by atoms with Gasteiger partial charge in [-0.1, -0.05) is 119 Å². The quantitative estimate of drug-likeness (QED) is 0.146. The summed E-state index contributed by atoms with van der Waals surface area (Å²) in [6, 6.07) is 0. The summed E-state index contributed by atoms with van der Waals surface area (Å²) in [4.78, 5) is 33.6. The van der Waals surface area contributed by atoms with Crippen molar-refractivity contribution in [3.05, 3.63) is 0 Å². The summed E-state index contributed by atoms with van der Waals surface area (Å²) in [7, 11) is 0. The highest BCUT2D eigenvalue weighted by Crippen LogP contribution is 2.11. The van der Waals surface area contributed by atoms with Crippen LogP contribution in [-0.2, 0) is 14.4 Å². The molecule has 0 fully saturated rings. The Hall–Kier alpha value is -1.39. The van der Waals surface area contributed by atoms with Gasteiger partial charge in [0.1, 0.15) is 5.78 Å². The highest BCUT2D eigenvalue weighted by molar-refractivity contribution is 5.80. The minimum absolute atomic E-state index is 0.140. The molecular formula is C32H68N2O3. The molecule has 0 atom stereocenters. The zero-order valence-electron chi connectivity index (χ0n) is 26.7. The van der Waals surface area contributed by atoms with Gasteiger partial charge in [-0.2, -0.15) is 0 Å². The predicted molar refractivity (Wildman–Crippen MR) is 164 cm³/mol. The number of rotatable bonds is 21. The molecule has 5 nitrogen and oxygen atoms in total. The van der Waals surface area contributed by atoms with Crippen LogP contribution in [0.5, 0.6) is 0 Å². The van der Waals surface area contributed by atoms with Gasteiger partial charge in [0.15, 0.2) is 0 Å². The monoisotopic (exact) mass is 529 g/mol. The lowest BCUT2D eigenvalue weighted by Crippen LogP contribution is -2.21. The van der Waals surface area contributed by atoms with Crippen LogP contribution in [0.3, 0.4) is 0 Å². The van der Waals surface area contributed by atoms with Gasteiger partial charge in [0.25, 0.3) is 0 Å². The van der Waals surface area contributed by atoms with Crippen molar-refractivity contribution in [3.8, 4) is 0 Å². The summed E-state index contributed by atoms with van der Waals surface area (Å²) in [5.74, 6) is 0.867. The normalized spacial score (nSPS) is 9.68. The number of ketones is 1. The van der Waals surface area contributed by atoms with Crippen molar-refractivity contribution in [2.45, 2.75) is 171 Å². The Labute approximate surface area is 233 Å². The van der Waals surface area contributed by atoms with Crippen LogP contribution in [0.2, 0.25) is 0 Å². The maximum absolute atomic E-state index is 11.3. The first kappa shape index (κ1) is 42.7. The molecule has 5 heteroatoms. The zero-order valence-corrected chi connectivity index (χ0v) is 26.7. The van der Waals surface area contributed by atoms with Crippen molar-refractivity contribution in [1.29, 1.82) is 0 Å². The molecule has 0 aromatic carbocycles. The number of Topliss-reactive ketones (excluding diaryl/α,β-unsaturated/α-hetero) is 1. The van der Waals surface area contributed by atoms with E-state index in [0.717, 1.165) is 38.6 Å². The average Bonchev–Trinajstić information content (AvgIpc) is 2.90. The minimum Gasteiger partial charge on any atom is -0.356 e. The van der Waals surface area contributed by atoms with Crippen molar-refractivity contribution in [2.24, 2.45) is 5.92 Å². The second-order valence-corrected chi connectivity index (χ2v) is 9.37. The molecule has 0 saturated heterocycles. The van der Waals surface area contributed by atoms with Gasteiger partial charge in [0.05, 0.1) is 0 Å². The maximum Gasteiger partial charge on any atom is 0.219 e. The first-order chi connectivity index (χ1) is 17.9. The van der Waals surface area contributed by atoms with Crippen LogP contribution in [0.25, 0.3) is 0 Å². The molecule has 2 N–H and O–H groups in total. The molecule has 0 spiro atoms. The third-order valence-corrected chi connectivity index (χ3v) is 5.73. The molecule has 0 aliphatic heterocycles. The molecule has 0 aromatic rings. The van der Waals surface area contributed by atoms with E-state index in [2.05, 4.69) is 17.6 Å². The number of unbranched alkanes of at least 4 members (excludes halogenated alkanes) is 12. The van der Waals surface area contributed by atoms with Crippen molar-refractivity contribution in [3.63, 3.8) is 0 Å². The van der Waals surface area contributed by atoms with E-state index in [1.54, 1.807) is 0 Å². The van der Waals surface area contributed by atoms with Gasteiger partial charge in [-0.3, -0.25) is 14.4 Å². The average molecular weight is 529 g/mol. The fraction of sp³-hybridized carbons (Fsp3) is 0.906. The fourth-order valence-corrected chi connectivity index (χ4v) is 3.57. The fourth-order valence-electron chi connectivity index (χ4n) is 3.57. The highest BCUT2D eigenvalue weighted by atomic mass is 16.2. The van der Waals surface area contributed by atoms with Gasteiger partial charge < -0.3 is 10.6 Å².